The van der Waals surface area contributed by atoms with Crippen molar-refractivity contribution in [3.05, 3.63) is 11.1 Å². The first-order valence-corrected chi connectivity index (χ1v) is 4.03. The highest BCUT2D eigenvalue weighted by Gasteiger charge is 2.11. The predicted molar refractivity (Wildman–Crippen MR) is 49.2 cm³/mol. The van der Waals surface area contributed by atoms with Crippen LogP contribution in [0.4, 0.5) is 0 Å². The normalized spacial score (nSPS) is 12.0. The summed E-state index contributed by atoms with van der Waals surface area (Å²) < 4.78 is 0. The first kappa shape index (κ1) is 11.8. The van der Waals surface area contributed by atoms with Crippen LogP contribution in [0.25, 0.3) is 0 Å². The zero-order valence-electron chi connectivity index (χ0n) is 8.20. The van der Waals surface area contributed by atoms with Crippen LogP contribution in [0, 0.1) is 0 Å². The lowest BCUT2D eigenvalue weighted by molar-refractivity contribution is -0.126. The van der Waals surface area contributed by atoms with E-state index < -0.39 is 0 Å². The Hall–Kier alpha value is -1.16. The molecule has 0 radical (unpaired) electrons. The molecule has 0 aromatic heterocycles. The Morgan fingerprint density at radius 1 is 1.46 bits per heavy atom. The van der Waals surface area contributed by atoms with Crippen molar-refractivity contribution in [2.24, 2.45) is 0 Å². The molecule has 1 N–H and O–H groups in total. The topological polar surface area (TPSA) is 57.6 Å². The zero-order chi connectivity index (χ0) is 10.4. The van der Waals surface area contributed by atoms with Crippen LogP contribution in [0.15, 0.2) is 11.1 Å². The van der Waals surface area contributed by atoms with E-state index in [4.69, 9.17) is 5.11 Å². The standard InChI is InChI=1S/C9H15NO3/c1-7(6-12)8(2)9(13)10(3)4-5-11/h6,11H,4-5H2,1-3H3/b8-7-. The summed E-state index contributed by atoms with van der Waals surface area (Å²) in [5, 5.41) is 8.58. The average molecular weight is 185 g/mol. The van der Waals surface area contributed by atoms with Crippen LogP contribution >= 0.6 is 0 Å². The summed E-state index contributed by atoms with van der Waals surface area (Å²) in [5.41, 5.74) is 0.848. The van der Waals surface area contributed by atoms with Crippen LogP contribution in [0.5, 0.6) is 0 Å². The summed E-state index contributed by atoms with van der Waals surface area (Å²) in [5.74, 6) is -0.223. The third-order valence-corrected chi connectivity index (χ3v) is 1.87. The fourth-order valence-electron chi connectivity index (χ4n) is 0.795. The minimum atomic E-state index is -0.223. The van der Waals surface area contributed by atoms with E-state index in [-0.39, 0.29) is 19.1 Å². The molecule has 0 aromatic carbocycles. The quantitative estimate of drug-likeness (QED) is 0.494. The van der Waals surface area contributed by atoms with Gasteiger partial charge in [-0.3, -0.25) is 9.59 Å². The van der Waals surface area contributed by atoms with Crippen molar-refractivity contribution in [3.63, 3.8) is 0 Å². The number of amides is 1. The van der Waals surface area contributed by atoms with Crippen molar-refractivity contribution in [2.45, 2.75) is 13.8 Å². The maximum absolute atomic E-state index is 11.4. The number of allylic oxidation sites excluding steroid dienone is 1. The number of hydrogen-bond acceptors (Lipinski definition) is 3. The Labute approximate surface area is 77.8 Å². The van der Waals surface area contributed by atoms with Crippen LogP contribution in [-0.4, -0.2) is 42.4 Å². The lowest BCUT2D eigenvalue weighted by atomic mass is 10.1. The second kappa shape index (κ2) is 5.48. The molecule has 13 heavy (non-hydrogen) atoms. The van der Waals surface area contributed by atoms with Crippen LogP contribution in [0.3, 0.4) is 0 Å². The number of likely N-dealkylation sites (N-methyl/N-ethyl adjacent to an activating group) is 1. The SMILES string of the molecule is C/C(C=O)=C(\C)C(=O)N(C)CCO. The summed E-state index contributed by atoms with van der Waals surface area (Å²) in [4.78, 5) is 23.2. The van der Waals surface area contributed by atoms with Gasteiger partial charge in [-0.05, 0) is 19.4 Å². The molecule has 4 nitrogen and oxygen atoms in total. The molecule has 0 fully saturated rings. The van der Waals surface area contributed by atoms with Crippen molar-refractivity contribution in [2.75, 3.05) is 20.2 Å². The molecule has 0 bridgehead atoms. The Kier molecular flexibility index (Phi) is 4.99. The van der Waals surface area contributed by atoms with E-state index in [1.807, 2.05) is 0 Å². The van der Waals surface area contributed by atoms with E-state index in [9.17, 15) is 9.59 Å². The van der Waals surface area contributed by atoms with Gasteiger partial charge in [0.1, 0.15) is 6.29 Å². The Morgan fingerprint density at radius 2 is 2.00 bits per heavy atom. The Bertz CT molecular complexity index is 233. The summed E-state index contributed by atoms with van der Waals surface area (Å²) in [6, 6.07) is 0. The highest BCUT2D eigenvalue weighted by Crippen LogP contribution is 2.04. The van der Waals surface area contributed by atoms with Gasteiger partial charge in [0.05, 0.1) is 6.61 Å². The molecule has 0 aliphatic carbocycles. The molecule has 0 aliphatic heterocycles. The molecule has 0 saturated carbocycles. The third kappa shape index (κ3) is 3.38. The van der Waals surface area contributed by atoms with E-state index in [1.165, 1.54) is 4.90 Å². The molecule has 74 valence electrons. The number of carbonyl (C=O) groups excluding carboxylic acids is 2. The first-order chi connectivity index (χ1) is 6.04. The molecule has 0 atom stereocenters. The van der Waals surface area contributed by atoms with Gasteiger partial charge >= 0.3 is 0 Å². The van der Waals surface area contributed by atoms with Gasteiger partial charge in [0.2, 0.25) is 5.91 Å². The van der Waals surface area contributed by atoms with Gasteiger partial charge in [-0.15, -0.1) is 0 Å². The highest BCUT2D eigenvalue weighted by atomic mass is 16.3. The largest absolute Gasteiger partial charge is 0.395 e. The number of rotatable bonds is 4. The molecule has 0 aromatic rings. The van der Waals surface area contributed by atoms with Gasteiger partial charge in [0.15, 0.2) is 0 Å². The minimum Gasteiger partial charge on any atom is -0.395 e. The fourth-order valence-corrected chi connectivity index (χ4v) is 0.795. The molecule has 0 rings (SSSR count). The first-order valence-electron chi connectivity index (χ1n) is 4.03. The summed E-state index contributed by atoms with van der Waals surface area (Å²) in [6.45, 7) is 3.39. The van der Waals surface area contributed by atoms with Crippen molar-refractivity contribution >= 4 is 12.2 Å². The molecular weight excluding hydrogens is 170 g/mol. The maximum atomic E-state index is 11.4. The second-order valence-corrected chi connectivity index (χ2v) is 2.88. The minimum absolute atomic E-state index is 0.0738. The Balaban J connectivity index is 4.51. The van der Waals surface area contributed by atoms with Crippen molar-refractivity contribution in [1.29, 1.82) is 0 Å². The predicted octanol–water partition coefficient (Wildman–Crippen LogP) is -0.0276. The van der Waals surface area contributed by atoms with Crippen LogP contribution in [0.2, 0.25) is 0 Å². The maximum Gasteiger partial charge on any atom is 0.249 e. The van der Waals surface area contributed by atoms with E-state index in [1.54, 1.807) is 20.9 Å². The third-order valence-electron chi connectivity index (χ3n) is 1.87. The summed E-state index contributed by atoms with van der Waals surface area (Å²) >= 11 is 0. The average Bonchev–Trinajstić information content (AvgIpc) is 2.14. The van der Waals surface area contributed by atoms with Gasteiger partial charge in [0.25, 0.3) is 0 Å². The van der Waals surface area contributed by atoms with Gasteiger partial charge in [-0.25, -0.2) is 0 Å². The zero-order valence-corrected chi connectivity index (χ0v) is 8.20. The number of carbonyl (C=O) groups is 2. The van der Waals surface area contributed by atoms with E-state index in [0.717, 1.165) is 0 Å². The van der Waals surface area contributed by atoms with Gasteiger partial charge in [0, 0.05) is 19.2 Å². The summed E-state index contributed by atoms with van der Waals surface area (Å²) in [6.07, 6.45) is 0.653. The van der Waals surface area contributed by atoms with Gasteiger partial charge in [-0.1, -0.05) is 0 Å². The molecule has 0 unspecified atom stereocenters. The molecule has 0 saturated heterocycles. The van der Waals surface area contributed by atoms with Crippen molar-refractivity contribution in [1.82, 2.24) is 4.90 Å². The molecule has 0 spiro atoms. The molecule has 1 amide bonds. The number of hydrogen-bond donors (Lipinski definition) is 1. The number of aliphatic hydroxyl groups is 1. The number of aldehydes is 1. The monoisotopic (exact) mass is 185 g/mol. The number of nitrogens with zero attached hydrogens (tertiary/aromatic N) is 1. The lowest BCUT2D eigenvalue weighted by Crippen LogP contribution is -2.30. The smallest absolute Gasteiger partial charge is 0.249 e. The fraction of sp³-hybridized carbons (Fsp3) is 0.556. The van der Waals surface area contributed by atoms with Crippen molar-refractivity contribution in [3.8, 4) is 0 Å². The van der Waals surface area contributed by atoms with Crippen LogP contribution in [-0.2, 0) is 9.59 Å². The summed E-state index contributed by atoms with van der Waals surface area (Å²) in [7, 11) is 1.58. The molecule has 0 aliphatic rings. The van der Waals surface area contributed by atoms with Gasteiger partial charge < -0.3 is 10.0 Å². The molecule has 4 heteroatoms. The van der Waals surface area contributed by atoms with E-state index in [0.29, 0.717) is 17.4 Å². The highest BCUT2D eigenvalue weighted by molar-refractivity contribution is 5.97. The van der Waals surface area contributed by atoms with E-state index >= 15 is 0 Å². The second-order valence-electron chi connectivity index (χ2n) is 2.88. The molecular formula is C9H15NO3. The molecule has 0 heterocycles. The number of aliphatic hydroxyl groups excluding tert-OH is 1. The van der Waals surface area contributed by atoms with E-state index in [2.05, 4.69) is 0 Å². The van der Waals surface area contributed by atoms with Gasteiger partial charge in [-0.2, -0.15) is 0 Å². The van der Waals surface area contributed by atoms with Crippen LogP contribution in [0.1, 0.15) is 13.8 Å². The lowest BCUT2D eigenvalue weighted by Gasteiger charge is -2.16. The van der Waals surface area contributed by atoms with Crippen molar-refractivity contribution < 1.29 is 14.7 Å². The Morgan fingerprint density at radius 3 is 2.38 bits per heavy atom. The van der Waals surface area contributed by atoms with Crippen LogP contribution < -0.4 is 0 Å².